The molecular formula is C26H30N4. The fourth-order valence-electron chi connectivity index (χ4n) is 5.02. The fourth-order valence-corrected chi connectivity index (χ4v) is 5.02. The number of rotatable bonds is 4. The summed E-state index contributed by atoms with van der Waals surface area (Å²) in [6.07, 6.45) is 5.44. The van der Waals surface area contributed by atoms with Crippen molar-refractivity contribution in [1.29, 1.82) is 0 Å². The van der Waals surface area contributed by atoms with Crippen molar-refractivity contribution in [2.45, 2.75) is 51.0 Å². The highest BCUT2D eigenvalue weighted by molar-refractivity contribution is 5.72. The van der Waals surface area contributed by atoms with Crippen LogP contribution in [0.2, 0.25) is 0 Å². The second kappa shape index (κ2) is 7.84. The molecule has 30 heavy (non-hydrogen) atoms. The van der Waals surface area contributed by atoms with Crippen molar-refractivity contribution in [1.82, 2.24) is 15.3 Å². The van der Waals surface area contributed by atoms with Crippen molar-refractivity contribution in [3.63, 3.8) is 0 Å². The summed E-state index contributed by atoms with van der Waals surface area (Å²) in [7, 11) is 0. The number of piperidine rings is 1. The normalized spacial score (nSPS) is 16.9. The molecule has 1 spiro atoms. The molecule has 1 aromatic heterocycles. The summed E-state index contributed by atoms with van der Waals surface area (Å²) in [6.45, 7) is 7.34. The van der Waals surface area contributed by atoms with Gasteiger partial charge in [-0.1, -0.05) is 62.4 Å². The van der Waals surface area contributed by atoms with Crippen molar-refractivity contribution in [2.75, 3.05) is 18.4 Å². The number of hydrogen-bond acceptors (Lipinski definition) is 4. The molecule has 4 heteroatoms. The Kier molecular flexibility index (Phi) is 5.03. The first-order valence-electron chi connectivity index (χ1n) is 11.1. The molecule has 2 heterocycles. The van der Waals surface area contributed by atoms with Gasteiger partial charge in [0.25, 0.3) is 0 Å². The Hall–Kier alpha value is -2.72. The summed E-state index contributed by atoms with van der Waals surface area (Å²) in [5.41, 5.74) is 7.97. The van der Waals surface area contributed by atoms with Gasteiger partial charge in [-0.15, -0.1) is 0 Å². The highest BCUT2D eigenvalue weighted by Crippen LogP contribution is 2.46. The van der Waals surface area contributed by atoms with Crippen molar-refractivity contribution in [3.05, 3.63) is 77.0 Å². The van der Waals surface area contributed by atoms with E-state index in [2.05, 4.69) is 78.0 Å². The van der Waals surface area contributed by atoms with Crippen LogP contribution in [0, 0.1) is 0 Å². The SMILES string of the molecule is CC(C)c1ccc(CNc2ncc3c(n2)-c2ccccc2C2(CCNCC2)C3)cc1. The molecule has 0 saturated carbocycles. The summed E-state index contributed by atoms with van der Waals surface area (Å²) in [4.78, 5) is 9.62. The molecule has 154 valence electrons. The third kappa shape index (κ3) is 3.50. The quantitative estimate of drug-likeness (QED) is 0.645. The summed E-state index contributed by atoms with van der Waals surface area (Å²) < 4.78 is 0. The zero-order valence-electron chi connectivity index (χ0n) is 17.9. The lowest BCUT2D eigenvalue weighted by atomic mass is 9.64. The van der Waals surface area contributed by atoms with Gasteiger partial charge in [0.1, 0.15) is 0 Å². The van der Waals surface area contributed by atoms with Gasteiger partial charge >= 0.3 is 0 Å². The molecular weight excluding hydrogens is 368 g/mol. The lowest BCUT2D eigenvalue weighted by Crippen LogP contribution is -2.43. The number of aromatic nitrogens is 2. The number of hydrogen-bond donors (Lipinski definition) is 2. The second-order valence-electron chi connectivity index (χ2n) is 9.07. The largest absolute Gasteiger partial charge is 0.350 e. The van der Waals surface area contributed by atoms with E-state index < -0.39 is 0 Å². The van der Waals surface area contributed by atoms with Gasteiger partial charge in [0.05, 0.1) is 5.69 Å². The minimum absolute atomic E-state index is 0.227. The Morgan fingerprint density at radius 2 is 1.80 bits per heavy atom. The highest BCUT2D eigenvalue weighted by Gasteiger charge is 2.40. The Bertz CT molecular complexity index is 1030. The van der Waals surface area contributed by atoms with Crippen molar-refractivity contribution in [3.8, 4) is 11.3 Å². The average Bonchev–Trinajstić information content (AvgIpc) is 2.79. The maximum Gasteiger partial charge on any atom is 0.223 e. The maximum atomic E-state index is 4.96. The fraction of sp³-hybridized carbons (Fsp3) is 0.385. The van der Waals surface area contributed by atoms with Crippen LogP contribution in [0.25, 0.3) is 11.3 Å². The van der Waals surface area contributed by atoms with E-state index in [0.29, 0.717) is 11.9 Å². The van der Waals surface area contributed by atoms with E-state index in [4.69, 9.17) is 4.98 Å². The lowest BCUT2D eigenvalue weighted by molar-refractivity contribution is 0.302. The minimum Gasteiger partial charge on any atom is -0.350 e. The van der Waals surface area contributed by atoms with Gasteiger partial charge < -0.3 is 10.6 Å². The zero-order valence-corrected chi connectivity index (χ0v) is 17.9. The molecule has 1 aliphatic carbocycles. The van der Waals surface area contributed by atoms with Crippen LogP contribution in [0.15, 0.2) is 54.7 Å². The van der Waals surface area contributed by atoms with Crippen LogP contribution < -0.4 is 10.6 Å². The van der Waals surface area contributed by atoms with Gasteiger partial charge in [0.15, 0.2) is 0 Å². The molecule has 2 aromatic carbocycles. The Morgan fingerprint density at radius 3 is 2.57 bits per heavy atom. The van der Waals surface area contributed by atoms with Gasteiger partial charge in [-0.05, 0) is 60.5 Å². The maximum absolute atomic E-state index is 4.96. The van der Waals surface area contributed by atoms with E-state index in [9.17, 15) is 0 Å². The average molecular weight is 399 g/mol. The van der Waals surface area contributed by atoms with Crippen LogP contribution in [0.5, 0.6) is 0 Å². The number of nitrogens with zero attached hydrogens (tertiary/aromatic N) is 2. The van der Waals surface area contributed by atoms with E-state index in [-0.39, 0.29) is 5.41 Å². The monoisotopic (exact) mass is 398 g/mol. The lowest BCUT2D eigenvalue weighted by Gasteiger charge is -2.42. The molecule has 0 radical (unpaired) electrons. The molecule has 0 atom stereocenters. The van der Waals surface area contributed by atoms with Crippen LogP contribution in [-0.4, -0.2) is 23.1 Å². The van der Waals surface area contributed by atoms with Gasteiger partial charge in [0.2, 0.25) is 5.95 Å². The molecule has 1 saturated heterocycles. The summed E-state index contributed by atoms with van der Waals surface area (Å²) in [6, 6.07) is 17.7. The summed E-state index contributed by atoms with van der Waals surface area (Å²) in [5, 5.41) is 6.95. The van der Waals surface area contributed by atoms with Crippen LogP contribution >= 0.6 is 0 Å². The number of benzene rings is 2. The zero-order chi connectivity index (χ0) is 20.6. The van der Waals surface area contributed by atoms with Gasteiger partial charge in [-0.2, -0.15) is 0 Å². The molecule has 2 aliphatic rings. The third-order valence-electron chi connectivity index (χ3n) is 6.80. The standard InChI is InChI=1S/C26H30N4/c1-18(2)20-9-7-19(8-10-20)16-28-25-29-17-21-15-26(11-13-27-14-12-26)23-6-4-3-5-22(23)24(21)30-25/h3-10,17-18,27H,11-16H2,1-2H3,(H,28,29,30). The summed E-state index contributed by atoms with van der Waals surface area (Å²) >= 11 is 0. The van der Waals surface area contributed by atoms with E-state index in [0.717, 1.165) is 31.7 Å². The molecule has 4 nitrogen and oxygen atoms in total. The smallest absolute Gasteiger partial charge is 0.223 e. The number of anilines is 1. The third-order valence-corrected chi connectivity index (χ3v) is 6.80. The first-order valence-corrected chi connectivity index (χ1v) is 11.1. The van der Waals surface area contributed by atoms with Gasteiger partial charge in [-0.3, -0.25) is 0 Å². The Morgan fingerprint density at radius 1 is 1.03 bits per heavy atom. The molecule has 0 amide bonds. The predicted molar refractivity (Wildman–Crippen MR) is 123 cm³/mol. The minimum atomic E-state index is 0.227. The first-order chi connectivity index (χ1) is 14.6. The van der Waals surface area contributed by atoms with Gasteiger partial charge in [-0.25, -0.2) is 9.97 Å². The van der Waals surface area contributed by atoms with Crippen molar-refractivity contribution >= 4 is 5.95 Å². The van der Waals surface area contributed by atoms with Crippen molar-refractivity contribution in [2.24, 2.45) is 0 Å². The summed E-state index contributed by atoms with van der Waals surface area (Å²) in [5.74, 6) is 1.26. The van der Waals surface area contributed by atoms with E-state index in [1.165, 1.54) is 40.7 Å². The molecule has 2 N–H and O–H groups in total. The molecule has 3 aromatic rings. The molecule has 5 rings (SSSR count). The molecule has 1 fully saturated rings. The molecule has 0 bridgehead atoms. The number of fused-ring (bicyclic) bond motifs is 4. The van der Waals surface area contributed by atoms with Crippen LogP contribution in [0.3, 0.4) is 0 Å². The van der Waals surface area contributed by atoms with Crippen molar-refractivity contribution < 1.29 is 0 Å². The molecule has 1 aliphatic heterocycles. The van der Waals surface area contributed by atoms with Gasteiger partial charge in [0, 0.05) is 23.7 Å². The molecule has 0 unspecified atom stereocenters. The van der Waals surface area contributed by atoms with E-state index in [1.807, 2.05) is 6.20 Å². The first kappa shape index (κ1) is 19.3. The number of nitrogens with one attached hydrogen (secondary N) is 2. The van der Waals surface area contributed by atoms with Crippen LogP contribution in [0.1, 0.15) is 54.9 Å². The van der Waals surface area contributed by atoms with Crippen LogP contribution in [0.4, 0.5) is 5.95 Å². The van der Waals surface area contributed by atoms with Crippen LogP contribution in [-0.2, 0) is 18.4 Å². The predicted octanol–water partition coefficient (Wildman–Crippen LogP) is 5.06. The van der Waals surface area contributed by atoms with E-state index in [1.54, 1.807) is 0 Å². The second-order valence-corrected chi connectivity index (χ2v) is 9.07. The Labute approximate surface area is 179 Å². The highest BCUT2D eigenvalue weighted by atomic mass is 15.1. The topological polar surface area (TPSA) is 49.8 Å². The van der Waals surface area contributed by atoms with E-state index >= 15 is 0 Å². The Balaban J connectivity index is 1.40.